The van der Waals surface area contributed by atoms with E-state index in [2.05, 4.69) is 15.3 Å². The molecule has 0 saturated heterocycles. The Kier molecular flexibility index (Phi) is 4.68. The molecular weight excluding hydrogens is 388 g/mol. The number of ether oxygens (including phenoxy) is 1. The first-order valence-corrected chi connectivity index (χ1v) is 8.99. The van der Waals surface area contributed by atoms with Crippen molar-refractivity contribution in [1.29, 1.82) is 0 Å². The lowest BCUT2D eigenvalue weighted by atomic mass is 10.1. The zero-order valence-electron chi connectivity index (χ0n) is 14.8. The third-order valence-electron chi connectivity index (χ3n) is 4.59. The van der Waals surface area contributed by atoms with E-state index in [1.165, 1.54) is 6.07 Å². The second-order valence-corrected chi connectivity index (χ2v) is 6.88. The second kappa shape index (κ2) is 7.16. The van der Waals surface area contributed by atoms with E-state index < -0.39 is 17.7 Å². The number of fused-ring (bicyclic) bond motifs is 2. The average molecular weight is 404 g/mol. The molecule has 2 heterocycles. The Morgan fingerprint density at radius 1 is 1.18 bits per heavy atom. The standard InChI is InChI=1S/C20H16ClF2N3O2/c1-10-13(14-4-5-15(22)18(23)19(14)25-10)6-7-24-20(27)28-17-8-11-2-3-12(21)9-16(11)26-17/h2-5,8-9,25-26H,6-7H2,1H3,(H,24,27). The first-order valence-electron chi connectivity index (χ1n) is 8.61. The van der Waals surface area contributed by atoms with Gasteiger partial charge in [0, 0.05) is 39.6 Å². The Balaban J connectivity index is 1.41. The summed E-state index contributed by atoms with van der Waals surface area (Å²) in [6.07, 6.45) is -0.179. The number of aromatic amines is 2. The summed E-state index contributed by atoms with van der Waals surface area (Å²) in [5, 5.41) is 4.70. The summed E-state index contributed by atoms with van der Waals surface area (Å²) in [5.74, 6) is -1.50. The Hall–Kier alpha value is -3.06. The summed E-state index contributed by atoms with van der Waals surface area (Å²) >= 11 is 5.94. The maximum Gasteiger partial charge on any atom is 0.413 e. The zero-order valence-corrected chi connectivity index (χ0v) is 15.6. The van der Waals surface area contributed by atoms with Gasteiger partial charge in [-0.2, -0.15) is 0 Å². The van der Waals surface area contributed by atoms with Gasteiger partial charge in [0.2, 0.25) is 5.88 Å². The van der Waals surface area contributed by atoms with Crippen molar-refractivity contribution in [3.8, 4) is 5.88 Å². The van der Waals surface area contributed by atoms with Gasteiger partial charge < -0.3 is 20.0 Å². The van der Waals surface area contributed by atoms with Gasteiger partial charge in [-0.15, -0.1) is 0 Å². The lowest BCUT2D eigenvalue weighted by Crippen LogP contribution is -2.28. The van der Waals surface area contributed by atoms with Gasteiger partial charge in [0.1, 0.15) is 0 Å². The minimum atomic E-state index is -0.905. The highest BCUT2D eigenvalue weighted by molar-refractivity contribution is 6.31. The number of carbonyl (C=O) groups excluding carboxylic acids is 1. The molecule has 0 aliphatic carbocycles. The van der Waals surface area contributed by atoms with Gasteiger partial charge in [0.05, 0.1) is 5.52 Å². The van der Waals surface area contributed by atoms with Crippen molar-refractivity contribution in [3.05, 3.63) is 64.3 Å². The molecule has 4 aromatic rings. The van der Waals surface area contributed by atoms with Crippen molar-refractivity contribution in [2.24, 2.45) is 0 Å². The number of rotatable bonds is 4. The molecule has 4 rings (SSSR count). The van der Waals surface area contributed by atoms with Gasteiger partial charge in [0.25, 0.3) is 0 Å². The molecule has 1 amide bonds. The minimum absolute atomic E-state index is 0.131. The normalized spacial score (nSPS) is 11.3. The highest BCUT2D eigenvalue weighted by Crippen LogP contribution is 2.26. The van der Waals surface area contributed by atoms with E-state index in [9.17, 15) is 13.6 Å². The van der Waals surface area contributed by atoms with E-state index in [1.807, 2.05) is 6.07 Å². The molecule has 144 valence electrons. The van der Waals surface area contributed by atoms with Crippen LogP contribution in [0.15, 0.2) is 36.4 Å². The van der Waals surface area contributed by atoms with Crippen LogP contribution in [0.4, 0.5) is 13.6 Å². The van der Waals surface area contributed by atoms with Crippen LogP contribution in [0.1, 0.15) is 11.3 Å². The average Bonchev–Trinajstić information content (AvgIpc) is 3.18. The molecule has 0 saturated carbocycles. The van der Waals surface area contributed by atoms with E-state index in [1.54, 1.807) is 25.1 Å². The summed E-state index contributed by atoms with van der Waals surface area (Å²) in [6.45, 7) is 2.05. The van der Waals surface area contributed by atoms with Crippen LogP contribution in [0.3, 0.4) is 0 Å². The number of amides is 1. The maximum atomic E-state index is 13.9. The fourth-order valence-corrected chi connectivity index (χ4v) is 3.44. The quantitative estimate of drug-likeness (QED) is 0.437. The number of carbonyl (C=O) groups is 1. The molecule has 0 fully saturated rings. The van der Waals surface area contributed by atoms with Crippen LogP contribution in [0.2, 0.25) is 5.02 Å². The monoisotopic (exact) mass is 403 g/mol. The minimum Gasteiger partial charge on any atom is -0.393 e. The Labute approximate surface area is 163 Å². The number of H-pyrrole nitrogens is 2. The van der Waals surface area contributed by atoms with Gasteiger partial charge in [-0.1, -0.05) is 17.7 Å². The summed E-state index contributed by atoms with van der Waals surface area (Å²) in [4.78, 5) is 17.9. The van der Waals surface area contributed by atoms with E-state index in [-0.39, 0.29) is 12.1 Å². The second-order valence-electron chi connectivity index (χ2n) is 6.44. The molecule has 0 unspecified atom stereocenters. The maximum absolute atomic E-state index is 13.9. The van der Waals surface area contributed by atoms with Gasteiger partial charge in [-0.3, -0.25) is 0 Å². The number of hydrogen-bond donors (Lipinski definition) is 3. The first kappa shape index (κ1) is 18.3. The molecule has 0 radical (unpaired) electrons. The third kappa shape index (κ3) is 3.41. The summed E-state index contributed by atoms with van der Waals surface area (Å²) in [6, 6.07) is 9.63. The van der Waals surface area contributed by atoms with Gasteiger partial charge in [-0.25, -0.2) is 13.6 Å². The molecule has 0 atom stereocenters. The van der Waals surface area contributed by atoms with E-state index in [0.717, 1.165) is 28.2 Å². The molecular formula is C20H16ClF2N3O2. The van der Waals surface area contributed by atoms with Crippen molar-refractivity contribution in [2.45, 2.75) is 13.3 Å². The molecule has 0 aliphatic heterocycles. The molecule has 2 aromatic carbocycles. The molecule has 0 bridgehead atoms. The fourth-order valence-electron chi connectivity index (χ4n) is 3.26. The van der Waals surface area contributed by atoms with Crippen LogP contribution in [-0.2, 0) is 6.42 Å². The number of aryl methyl sites for hydroxylation is 1. The van der Waals surface area contributed by atoms with E-state index >= 15 is 0 Å². The van der Waals surface area contributed by atoms with Crippen molar-refractivity contribution in [1.82, 2.24) is 15.3 Å². The van der Waals surface area contributed by atoms with Crippen LogP contribution < -0.4 is 10.1 Å². The van der Waals surface area contributed by atoms with Gasteiger partial charge in [-0.05, 0) is 43.2 Å². The van der Waals surface area contributed by atoms with Gasteiger partial charge in [0.15, 0.2) is 11.6 Å². The van der Waals surface area contributed by atoms with Crippen LogP contribution in [0, 0.1) is 18.6 Å². The molecule has 28 heavy (non-hydrogen) atoms. The molecule has 0 aliphatic rings. The highest BCUT2D eigenvalue weighted by atomic mass is 35.5. The predicted octanol–water partition coefficient (Wildman–Crippen LogP) is 5.22. The van der Waals surface area contributed by atoms with Crippen LogP contribution in [0.5, 0.6) is 5.88 Å². The molecule has 2 aromatic heterocycles. The van der Waals surface area contributed by atoms with Crippen LogP contribution in [-0.4, -0.2) is 22.6 Å². The lowest BCUT2D eigenvalue weighted by molar-refractivity contribution is 0.199. The summed E-state index contributed by atoms with van der Waals surface area (Å²) in [7, 11) is 0. The predicted molar refractivity (Wildman–Crippen MR) is 104 cm³/mol. The van der Waals surface area contributed by atoms with Crippen molar-refractivity contribution in [2.75, 3.05) is 6.54 Å². The third-order valence-corrected chi connectivity index (χ3v) is 4.83. The number of halogens is 3. The molecule has 3 N–H and O–H groups in total. The Morgan fingerprint density at radius 2 is 2.00 bits per heavy atom. The zero-order chi connectivity index (χ0) is 19.8. The van der Waals surface area contributed by atoms with Gasteiger partial charge >= 0.3 is 6.09 Å². The van der Waals surface area contributed by atoms with Crippen molar-refractivity contribution >= 4 is 39.5 Å². The summed E-state index contributed by atoms with van der Waals surface area (Å²) in [5.41, 5.74) is 2.43. The molecule has 5 nitrogen and oxygen atoms in total. The van der Waals surface area contributed by atoms with E-state index in [4.69, 9.17) is 16.3 Å². The number of hydrogen-bond acceptors (Lipinski definition) is 2. The Bertz CT molecular complexity index is 1200. The molecule has 0 spiro atoms. The number of benzene rings is 2. The van der Waals surface area contributed by atoms with Crippen molar-refractivity contribution < 1.29 is 18.3 Å². The summed E-state index contributed by atoms with van der Waals surface area (Å²) < 4.78 is 32.5. The smallest absolute Gasteiger partial charge is 0.393 e. The topological polar surface area (TPSA) is 69.9 Å². The van der Waals surface area contributed by atoms with Crippen LogP contribution in [0.25, 0.3) is 21.8 Å². The fraction of sp³-hybridized carbons (Fsp3) is 0.150. The lowest BCUT2D eigenvalue weighted by Gasteiger charge is -2.06. The first-order chi connectivity index (χ1) is 13.4. The number of nitrogens with one attached hydrogen (secondary N) is 3. The largest absolute Gasteiger partial charge is 0.413 e. The molecule has 8 heteroatoms. The number of aromatic nitrogens is 2. The van der Waals surface area contributed by atoms with E-state index in [0.29, 0.717) is 22.7 Å². The SMILES string of the molecule is Cc1[nH]c2c(F)c(F)ccc2c1CCNC(=O)Oc1cc2ccc(Cl)cc2[nH]1. The van der Waals surface area contributed by atoms with Crippen molar-refractivity contribution in [3.63, 3.8) is 0 Å². The Morgan fingerprint density at radius 3 is 2.82 bits per heavy atom. The highest BCUT2D eigenvalue weighted by Gasteiger charge is 2.15. The van der Waals surface area contributed by atoms with Crippen LogP contribution >= 0.6 is 11.6 Å².